The van der Waals surface area contributed by atoms with Gasteiger partial charge in [-0.25, -0.2) is 0 Å². The molecule has 0 saturated heterocycles. The molecule has 18 heavy (non-hydrogen) atoms. The average molecular weight is 303 g/mol. The van der Waals surface area contributed by atoms with Crippen LogP contribution in [0.3, 0.4) is 0 Å². The lowest BCUT2D eigenvalue weighted by Gasteiger charge is -2.10. The monoisotopic (exact) mass is 302 g/mol. The van der Waals surface area contributed by atoms with Crippen LogP contribution in [0.15, 0.2) is 70.9 Å². The molecule has 0 aromatic heterocycles. The SMILES string of the molecule is CC1=C2C=CC=CC(CCCCBr)=C2C=CC=C1. The second-order valence-electron chi connectivity index (χ2n) is 4.62. The molecule has 0 aromatic rings. The van der Waals surface area contributed by atoms with E-state index in [1.165, 1.54) is 35.1 Å². The minimum Gasteiger partial charge on any atom is -0.0928 e. The summed E-state index contributed by atoms with van der Waals surface area (Å²) in [5.74, 6) is 0. The van der Waals surface area contributed by atoms with Crippen LogP contribution in [0.5, 0.6) is 0 Å². The minimum atomic E-state index is 1.09. The van der Waals surface area contributed by atoms with Crippen molar-refractivity contribution in [2.24, 2.45) is 0 Å². The molecule has 0 radical (unpaired) electrons. The molecule has 1 heteroatoms. The number of unbranched alkanes of at least 4 members (excludes halogenated alkanes) is 1. The molecule has 0 unspecified atom stereocenters. The number of hydrogen-bond acceptors (Lipinski definition) is 0. The van der Waals surface area contributed by atoms with Gasteiger partial charge in [0.2, 0.25) is 0 Å². The zero-order chi connectivity index (χ0) is 12.8. The summed E-state index contributed by atoms with van der Waals surface area (Å²) in [6.07, 6.45) is 21.1. The van der Waals surface area contributed by atoms with Crippen molar-refractivity contribution in [3.05, 3.63) is 70.9 Å². The van der Waals surface area contributed by atoms with Crippen molar-refractivity contribution in [2.45, 2.75) is 26.2 Å². The van der Waals surface area contributed by atoms with Crippen LogP contribution >= 0.6 is 15.9 Å². The lowest BCUT2D eigenvalue weighted by Crippen LogP contribution is -1.92. The Morgan fingerprint density at radius 1 is 0.833 bits per heavy atom. The van der Waals surface area contributed by atoms with Crippen molar-refractivity contribution in [1.29, 1.82) is 0 Å². The van der Waals surface area contributed by atoms with E-state index in [2.05, 4.69) is 71.5 Å². The predicted molar refractivity (Wildman–Crippen MR) is 83.9 cm³/mol. The Morgan fingerprint density at radius 2 is 1.50 bits per heavy atom. The Hall–Kier alpha value is -1.08. The maximum Gasteiger partial charge on any atom is 0.00314 e. The highest BCUT2D eigenvalue weighted by molar-refractivity contribution is 9.09. The summed E-state index contributed by atoms with van der Waals surface area (Å²) in [5, 5.41) is 1.09. The van der Waals surface area contributed by atoms with Crippen molar-refractivity contribution in [2.75, 3.05) is 5.33 Å². The molecule has 0 heterocycles. The molecule has 2 rings (SSSR count). The van der Waals surface area contributed by atoms with Crippen LogP contribution in [-0.2, 0) is 0 Å². The predicted octanol–water partition coefficient (Wildman–Crippen LogP) is 5.42. The third-order valence-corrected chi connectivity index (χ3v) is 3.84. The van der Waals surface area contributed by atoms with Gasteiger partial charge in [0, 0.05) is 5.33 Å². The lowest BCUT2D eigenvalue weighted by molar-refractivity contribution is 0.806. The highest BCUT2D eigenvalue weighted by Gasteiger charge is 2.10. The zero-order valence-corrected chi connectivity index (χ0v) is 12.4. The third kappa shape index (κ3) is 3.23. The average Bonchev–Trinajstić information content (AvgIpc) is 2.67. The van der Waals surface area contributed by atoms with E-state index >= 15 is 0 Å². The highest BCUT2D eigenvalue weighted by Crippen LogP contribution is 2.29. The summed E-state index contributed by atoms with van der Waals surface area (Å²) in [6, 6.07) is 0. The minimum absolute atomic E-state index is 1.09. The fourth-order valence-electron chi connectivity index (χ4n) is 2.29. The smallest absolute Gasteiger partial charge is 0.00314 e. The van der Waals surface area contributed by atoms with Gasteiger partial charge in [-0.05, 0) is 48.5 Å². The molecule has 0 N–H and O–H groups in total. The first-order valence-electron chi connectivity index (χ1n) is 6.53. The second kappa shape index (κ2) is 6.75. The zero-order valence-electron chi connectivity index (χ0n) is 10.8. The van der Waals surface area contributed by atoms with Crippen LogP contribution < -0.4 is 0 Å². The standard InChI is InChI=1S/C17H19Br/c1-14-8-2-4-12-17-15(10-6-7-13-18)9-3-5-11-16(14)17/h2-5,8-9,11-12H,6-7,10,13H2,1H3. The Morgan fingerprint density at radius 3 is 2.28 bits per heavy atom. The Labute approximate surface area is 118 Å². The van der Waals surface area contributed by atoms with E-state index in [4.69, 9.17) is 0 Å². The molecule has 0 atom stereocenters. The van der Waals surface area contributed by atoms with Crippen LogP contribution in [0, 0.1) is 0 Å². The molecule has 94 valence electrons. The summed E-state index contributed by atoms with van der Waals surface area (Å²) in [7, 11) is 0. The molecule has 0 saturated carbocycles. The van der Waals surface area contributed by atoms with Crippen LogP contribution in [0.2, 0.25) is 0 Å². The number of alkyl halides is 1. The van der Waals surface area contributed by atoms with Gasteiger partial charge in [-0.2, -0.15) is 0 Å². The van der Waals surface area contributed by atoms with Crippen molar-refractivity contribution in [1.82, 2.24) is 0 Å². The van der Waals surface area contributed by atoms with Crippen molar-refractivity contribution < 1.29 is 0 Å². The molecule has 0 bridgehead atoms. The summed E-state index contributed by atoms with van der Waals surface area (Å²) in [5.41, 5.74) is 5.54. The van der Waals surface area contributed by atoms with Crippen LogP contribution in [0.4, 0.5) is 0 Å². The molecule has 0 amide bonds. The summed E-state index contributed by atoms with van der Waals surface area (Å²) >= 11 is 3.50. The summed E-state index contributed by atoms with van der Waals surface area (Å²) < 4.78 is 0. The Balaban J connectivity index is 2.35. The van der Waals surface area contributed by atoms with Crippen LogP contribution in [0.1, 0.15) is 26.2 Å². The van der Waals surface area contributed by atoms with E-state index in [0.29, 0.717) is 0 Å². The van der Waals surface area contributed by atoms with Gasteiger partial charge in [0.25, 0.3) is 0 Å². The molecule has 2 aliphatic carbocycles. The molecule has 0 nitrogen and oxygen atoms in total. The molecule has 0 spiro atoms. The van der Waals surface area contributed by atoms with Gasteiger partial charge >= 0.3 is 0 Å². The molecule has 0 aromatic carbocycles. The van der Waals surface area contributed by atoms with Gasteiger partial charge in [0.1, 0.15) is 0 Å². The summed E-state index contributed by atoms with van der Waals surface area (Å²) in [6.45, 7) is 2.19. The lowest BCUT2D eigenvalue weighted by atomic mass is 9.94. The van der Waals surface area contributed by atoms with Gasteiger partial charge in [-0.15, -0.1) is 0 Å². The van der Waals surface area contributed by atoms with E-state index in [-0.39, 0.29) is 0 Å². The molecular weight excluding hydrogens is 284 g/mol. The van der Waals surface area contributed by atoms with E-state index in [1.807, 2.05) is 0 Å². The van der Waals surface area contributed by atoms with E-state index in [1.54, 1.807) is 0 Å². The third-order valence-electron chi connectivity index (χ3n) is 3.28. The number of allylic oxidation sites excluding steroid dienone is 12. The van der Waals surface area contributed by atoms with Crippen LogP contribution in [-0.4, -0.2) is 5.33 Å². The fourth-order valence-corrected chi connectivity index (χ4v) is 2.68. The molecular formula is C17H19Br. The van der Waals surface area contributed by atoms with Crippen LogP contribution in [0.25, 0.3) is 0 Å². The topological polar surface area (TPSA) is 0 Å². The number of hydrogen-bond donors (Lipinski definition) is 0. The molecule has 2 aliphatic rings. The first kappa shape index (κ1) is 13.4. The van der Waals surface area contributed by atoms with Gasteiger partial charge in [-0.3, -0.25) is 0 Å². The van der Waals surface area contributed by atoms with E-state index < -0.39 is 0 Å². The first-order chi connectivity index (χ1) is 8.83. The van der Waals surface area contributed by atoms with E-state index in [0.717, 1.165) is 11.8 Å². The maximum absolute atomic E-state index is 3.50. The molecule has 0 aliphatic heterocycles. The van der Waals surface area contributed by atoms with Gasteiger partial charge in [-0.1, -0.05) is 64.5 Å². The van der Waals surface area contributed by atoms with Crippen molar-refractivity contribution >= 4 is 15.9 Å². The van der Waals surface area contributed by atoms with E-state index in [9.17, 15) is 0 Å². The fraction of sp³-hybridized carbons (Fsp3) is 0.294. The quantitative estimate of drug-likeness (QED) is 0.481. The normalized spacial score (nSPS) is 18.1. The highest BCUT2D eigenvalue weighted by atomic mass is 79.9. The van der Waals surface area contributed by atoms with Gasteiger partial charge in [0.05, 0.1) is 0 Å². The maximum atomic E-state index is 3.50. The number of halogens is 1. The van der Waals surface area contributed by atoms with Gasteiger partial charge < -0.3 is 0 Å². The van der Waals surface area contributed by atoms with Crippen molar-refractivity contribution in [3.63, 3.8) is 0 Å². The molecule has 0 fully saturated rings. The number of fused-ring (bicyclic) bond motifs is 1. The Bertz CT molecular complexity index is 482. The summed E-state index contributed by atoms with van der Waals surface area (Å²) in [4.78, 5) is 0. The van der Waals surface area contributed by atoms with Crippen molar-refractivity contribution in [3.8, 4) is 0 Å². The first-order valence-corrected chi connectivity index (χ1v) is 7.65. The largest absolute Gasteiger partial charge is 0.0928 e. The Kier molecular flexibility index (Phi) is 5.00. The van der Waals surface area contributed by atoms with Gasteiger partial charge in [0.15, 0.2) is 0 Å². The number of rotatable bonds is 4. The second-order valence-corrected chi connectivity index (χ2v) is 5.41.